The van der Waals surface area contributed by atoms with Gasteiger partial charge in [-0.15, -0.1) is 0 Å². The van der Waals surface area contributed by atoms with Gasteiger partial charge in [0.15, 0.2) is 11.5 Å². The first kappa shape index (κ1) is 11.4. The summed E-state index contributed by atoms with van der Waals surface area (Å²) in [6.07, 6.45) is -4.13. The van der Waals surface area contributed by atoms with Crippen LogP contribution in [0.3, 0.4) is 0 Å². The number of hydrogen-bond donors (Lipinski definition) is 1. The van der Waals surface area contributed by atoms with Gasteiger partial charge in [0.1, 0.15) is 0 Å². The first-order valence-corrected chi connectivity index (χ1v) is 4.57. The van der Waals surface area contributed by atoms with Gasteiger partial charge in [-0.05, 0) is 12.1 Å². The minimum absolute atomic E-state index is 0.0171. The van der Waals surface area contributed by atoms with E-state index in [1.54, 1.807) is 0 Å². The molecule has 2 heterocycles. The summed E-state index contributed by atoms with van der Waals surface area (Å²) in [5, 5.41) is 3.84. The third-order valence-electron chi connectivity index (χ3n) is 2.09. The number of halogens is 3. The summed E-state index contributed by atoms with van der Waals surface area (Å²) in [6, 6.07) is 2.76. The second-order valence-electron chi connectivity index (χ2n) is 3.38. The smallest absolute Gasteiger partial charge is 0.397 e. The second kappa shape index (κ2) is 3.72. The van der Waals surface area contributed by atoms with Crippen LogP contribution in [0, 0.1) is 0 Å². The summed E-state index contributed by atoms with van der Waals surface area (Å²) >= 11 is 0. The molecule has 17 heavy (non-hydrogen) atoms. The fourth-order valence-electron chi connectivity index (χ4n) is 1.29. The Kier molecular flexibility index (Phi) is 2.49. The van der Waals surface area contributed by atoms with Crippen LogP contribution in [0.15, 0.2) is 23.4 Å². The summed E-state index contributed by atoms with van der Waals surface area (Å²) in [6.45, 7) is 0. The lowest BCUT2D eigenvalue weighted by atomic mass is 10.2. The zero-order valence-corrected chi connectivity index (χ0v) is 8.40. The molecule has 0 atom stereocenters. The molecule has 1 aliphatic heterocycles. The van der Waals surface area contributed by atoms with E-state index in [9.17, 15) is 18.0 Å². The van der Waals surface area contributed by atoms with E-state index in [0.29, 0.717) is 10.7 Å². The number of aromatic nitrogens is 1. The molecule has 0 unspecified atom stereocenters. The van der Waals surface area contributed by atoms with Crippen LogP contribution in [0.5, 0.6) is 0 Å². The maximum absolute atomic E-state index is 12.3. The van der Waals surface area contributed by atoms with E-state index in [4.69, 9.17) is 5.73 Å². The van der Waals surface area contributed by atoms with Gasteiger partial charge in [0.2, 0.25) is 0 Å². The number of anilines is 2. The van der Waals surface area contributed by atoms with Crippen molar-refractivity contribution in [1.29, 1.82) is 0 Å². The predicted octanol–water partition coefficient (Wildman–Crippen LogP) is 1.32. The molecule has 1 aliphatic rings. The number of hydrazone groups is 1. The van der Waals surface area contributed by atoms with Gasteiger partial charge >= 0.3 is 6.18 Å². The molecule has 5 nitrogen and oxygen atoms in total. The Labute approximate surface area is 93.7 Å². The highest BCUT2D eigenvalue weighted by Gasteiger charge is 2.42. The van der Waals surface area contributed by atoms with Crippen LogP contribution in [-0.4, -0.2) is 22.8 Å². The number of alkyl halides is 3. The van der Waals surface area contributed by atoms with Gasteiger partial charge in [-0.25, -0.2) is 4.98 Å². The van der Waals surface area contributed by atoms with Crippen molar-refractivity contribution in [2.45, 2.75) is 12.6 Å². The maximum atomic E-state index is 12.3. The summed E-state index contributed by atoms with van der Waals surface area (Å²) in [5.74, 6) is -0.752. The number of hydrogen-bond acceptors (Lipinski definition) is 4. The van der Waals surface area contributed by atoms with Crippen molar-refractivity contribution in [2.75, 3.05) is 10.7 Å². The quantitative estimate of drug-likeness (QED) is 0.809. The molecule has 0 saturated carbocycles. The van der Waals surface area contributed by atoms with E-state index in [1.165, 1.54) is 18.3 Å². The lowest BCUT2D eigenvalue weighted by Crippen LogP contribution is -2.22. The normalized spacial score (nSPS) is 16.3. The van der Waals surface area contributed by atoms with E-state index < -0.39 is 24.2 Å². The van der Waals surface area contributed by atoms with Gasteiger partial charge in [0.25, 0.3) is 5.91 Å². The summed E-state index contributed by atoms with van der Waals surface area (Å²) < 4.78 is 37.0. The van der Waals surface area contributed by atoms with Crippen LogP contribution in [0.2, 0.25) is 0 Å². The lowest BCUT2D eigenvalue weighted by Gasteiger charge is -2.09. The molecule has 0 spiro atoms. The van der Waals surface area contributed by atoms with Crippen LogP contribution < -0.4 is 10.7 Å². The van der Waals surface area contributed by atoms with Crippen LogP contribution in [0.25, 0.3) is 0 Å². The molecular formula is C9H7F3N4O. The van der Waals surface area contributed by atoms with E-state index in [-0.39, 0.29) is 5.82 Å². The van der Waals surface area contributed by atoms with Gasteiger partial charge in [-0.2, -0.15) is 23.3 Å². The summed E-state index contributed by atoms with van der Waals surface area (Å²) in [5.41, 5.74) is 4.60. The van der Waals surface area contributed by atoms with E-state index in [1.807, 2.05) is 0 Å². The van der Waals surface area contributed by atoms with Crippen molar-refractivity contribution in [1.82, 2.24) is 4.98 Å². The van der Waals surface area contributed by atoms with Crippen LogP contribution >= 0.6 is 0 Å². The van der Waals surface area contributed by atoms with E-state index in [0.717, 1.165) is 0 Å². The zero-order valence-electron chi connectivity index (χ0n) is 8.40. The minimum atomic E-state index is -4.60. The van der Waals surface area contributed by atoms with Gasteiger partial charge in [-0.3, -0.25) is 4.79 Å². The Bertz CT molecular complexity index is 480. The van der Waals surface area contributed by atoms with Gasteiger partial charge < -0.3 is 5.73 Å². The molecule has 1 aromatic rings. The largest absolute Gasteiger partial charge is 0.431 e. The highest BCUT2D eigenvalue weighted by molar-refractivity contribution is 6.14. The third-order valence-corrected chi connectivity index (χ3v) is 2.09. The average Bonchev–Trinajstić information content (AvgIpc) is 2.61. The SMILES string of the molecule is Nc1ccc(N2N=C(C(F)(F)F)CC2=O)nc1. The Balaban J connectivity index is 2.31. The number of nitrogens with two attached hydrogens (primary N) is 1. The number of nitrogen functional groups attached to an aromatic ring is 1. The molecular weight excluding hydrogens is 237 g/mol. The van der Waals surface area contributed by atoms with Crippen LogP contribution in [0.1, 0.15) is 6.42 Å². The summed E-state index contributed by atoms with van der Waals surface area (Å²) in [4.78, 5) is 15.1. The van der Waals surface area contributed by atoms with Crippen LogP contribution in [0.4, 0.5) is 24.7 Å². The number of rotatable bonds is 1. The predicted molar refractivity (Wildman–Crippen MR) is 54.2 cm³/mol. The minimum Gasteiger partial charge on any atom is -0.397 e. The van der Waals surface area contributed by atoms with E-state index in [2.05, 4.69) is 10.1 Å². The standard InChI is InChI=1S/C9H7F3N4O/c10-9(11,12)6-3-8(17)16(15-6)7-2-1-5(13)4-14-7/h1-2,4H,3,13H2. The first-order chi connectivity index (χ1) is 7.88. The fourth-order valence-corrected chi connectivity index (χ4v) is 1.29. The number of amides is 1. The fraction of sp³-hybridized carbons (Fsp3) is 0.222. The topological polar surface area (TPSA) is 71.6 Å². The monoisotopic (exact) mass is 244 g/mol. The second-order valence-corrected chi connectivity index (χ2v) is 3.38. The van der Waals surface area contributed by atoms with Crippen molar-refractivity contribution in [3.8, 4) is 0 Å². The molecule has 0 aromatic carbocycles. The number of nitrogens with zero attached hydrogens (tertiary/aromatic N) is 3. The number of carbonyl (C=O) groups is 1. The van der Waals surface area contributed by atoms with Crippen molar-refractivity contribution in [3.05, 3.63) is 18.3 Å². The highest BCUT2D eigenvalue weighted by atomic mass is 19.4. The Morgan fingerprint density at radius 1 is 1.35 bits per heavy atom. The number of pyridine rings is 1. The Morgan fingerprint density at radius 3 is 2.53 bits per heavy atom. The molecule has 1 amide bonds. The lowest BCUT2D eigenvalue weighted by molar-refractivity contribution is -0.117. The molecule has 0 bridgehead atoms. The Hall–Kier alpha value is -2.12. The van der Waals surface area contributed by atoms with Crippen molar-refractivity contribution in [3.63, 3.8) is 0 Å². The molecule has 0 fully saturated rings. The molecule has 90 valence electrons. The molecule has 2 N–H and O–H groups in total. The van der Waals surface area contributed by atoms with Crippen LogP contribution in [-0.2, 0) is 4.79 Å². The average molecular weight is 244 g/mol. The summed E-state index contributed by atoms with van der Waals surface area (Å²) in [7, 11) is 0. The van der Waals surface area contributed by atoms with Crippen molar-refractivity contribution in [2.24, 2.45) is 5.10 Å². The van der Waals surface area contributed by atoms with Gasteiger partial charge in [0.05, 0.1) is 18.3 Å². The molecule has 8 heteroatoms. The Morgan fingerprint density at radius 2 is 2.06 bits per heavy atom. The molecule has 0 saturated heterocycles. The van der Waals surface area contributed by atoms with Gasteiger partial charge in [0, 0.05) is 0 Å². The van der Waals surface area contributed by atoms with Crippen molar-refractivity contribution >= 4 is 23.1 Å². The van der Waals surface area contributed by atoms with E-state index >= 15 is 0 Å². The first-order valence-electron chi connectivity index (χ1n) is 4.57. The highest BCUT2D eigenvalue weighted by Crippen LogP contribution is 2.27. The molecule has 0 aliphatic carbocycles. The van der Waals surface area contributed by atoms with Gasteiger partial charge in [-0.1, -0.05) is 0 Å². The molecule has 2 rings (SSSR count). The molecule has 1 aromatic heterocycles. The zero-order chi connectivity index (χ0) is 12.6. The molecule has 0 radical (unpaired) electrons. The maximum Gasteiger partial charge on any atom is 0.431 e. The van der Waals surface area contributed by atoms with Crippen molar-refractivity contribution < 1.29 is 18.0 Å². The third kappa shape index (κ3) is 2.19. The number of carbonyl (C=O) groups excluding carboxylic acids is 1.